The highest BCUT2D eigenvalue weighted by atomic mass is 32.2. The minimum atomic E-state index is -3.51. The first-order chi connectivity index (χ1) is 7.04. The number of sulfonamides is 1. The summed E-state index contributed by atoms with van der Waals surface area (Å²) in [5, 5.41) is 6.64. The van der Waals surface area contributed by atoms with Crippen LogP contribution in [0.4, 0.5) is 0 Å². The molecule has 1 aromatic rings. The molecule has 0 unspecified atom stereocenters. The number of hydrogen-bond donors (Lipinski definition) is 1. The molecule has 0 aromatic carbocycles. The summed E-state index contributed by atoms with van der Waals surface area (Å²) >= 11 is 1.48. The van der Waals surface area contributed by atoms with E-state index in [4.69, 9.17) is 5.14 Å². The maximum absolute atomic E-state index is 11.0. The number of primary sulfonamides is 1. The van der Waals surface area contributed by atoms with Crippen molar-refractivity contribution in [2.24, 2.45) is 5.14 Å². The summed E-state index contributed by atoms with van der Waals surface area (Å²) in [5.41, 5.74) is 0. The Kier molecular flexibility index (Phi) is 4.76. The van der Waals surface area contributed by atoms with Gasteiger partial charge < -0.3 is 0 Å². The summed E-state index contributed by atoms with van der Waals surface area (Å²) in [5.74, 6) is 0. The molecule has 0 aliphatic heterocycles. The second kappa shape index (κ2) is 5.63. The van der Waals surface area contributed by atoms with Gasteiger partial charge >= 0.3 is 0 Å². The van der Waals surface area contributed by atoms with Crippen LogP contribution in [0.2, 0.25) is 0 Å². The number of nitrogens with two attached hydrogens (primary N) is 1. The molecule has 0 amide bonds. The van der Waals surface area contributed by atoms with Gasteiger partial charge in [-0.3, -0.25) is 0 Å². The molecule has 2 N–H and O–H groups in total. The molecule has 1 heterocycles. The lowest BCUT2D eigenvalue weighted by molar-refractivity contribution is 0.598. The van der Waals surface area contributed by atoms with E-state index < -0.39 is 10.0 Å². The summed E-state index contributed by atoms with van der Waals surface area (Å²) in [4.78, 5) is 1.35. The largest absolute Gasteiger partial charge is 0.238 e. The third kappa shape index (κ3) is 4.32. The van der Waals surface area contributed by atoms with Gasteiger partial charge in [0.25, 0.3) is 0 Å². The molecule has 0 fully saturated rings. The Hall–Kier alpha value is -0.390. The molecule has 15 heavy (non-hydrogen) atoms. The summed E-state index contributed by atoms with van der Waals surface area (Å²) in [6.07, 6.45) is 5.75. The monoisotopic (exact) mass is 247 g/mol. The molecule has 0 spiro atoms. The van der Waals surface area contributed by atoms with Crippen LogP contribution in [0.25, 0.3) is 0 Å². The Morgan fingerprint density at radius 1 is 1.33 bits per heavy atom. The fraction of sp³-hybridized carbons (Fsp3) is 0.600. The summed E-state index contributed by atoms with van der Waals surface area (Å²) in [6, 6.07) is 1.69. The van der Waals surface area contributed by atoms with Crippen LogP contribution >= 0.6 is 11.3 Å². The minimum absolute atomic E-state index is 0.248. The van der Waals surface area contributed by atoms with Crippen molar-refractivity contribution in [2.75, 3.05) is 0 Å². The highest BCUT2D eigenvalue weighted by molar-refractivity contribution is 7.89. The van der Waals surface area contributed by atoms with E-state index in [0.29, 0.717) is 0 Å². The lowest BCUT2D eigenvalue weighted by atomic mass is 10.1. The van der Waals surface area contributed by atoms with Crippen LogP contribution in [-0.2, 0) is 16.4 Å². The zero-order valence-corrected chi connectivity index (χ0v) is 10.5. The molecule has 0 bridgehead atoms. The van der Waals surface area contributed by atoms with E-state index in [2.05, 4.69) is 6.92 Å². The molecule has 0 aliphatic rings. The van der Waals surface area contributed by atoms with E-state index in [1.54, 1.807) is 11.4 Å². The van der Waals surface area contributed by atoms with Gasteiger partial charge in [0.2, 0.25) is 10.0 Å². The first-order valence-electron chi connectivity index (χ1n) is 5.14. The van der Waals surface area contributed by atoms with Gasteiger partial charge in [-0.15, -0.1) is 11.3 Å². The molecule has 0 atom stereocenters. The van der Waals surface area contributed by atoms with Gasteiger partial charge in [0, 0.05) is 10.3 Å². The molecule has 0 saturated carbocycles. The lowest BCUT2D eigenvalue weighted by Gasteiger charge is -1.96. The molecular formula is C10H17NO2S2. The Labute approximate surface area is 95.4 Å². The molecule has 86 valence electrons. The van der Waals surface area contributed by atoms with E-state index in [1.165, 1.54) is 30.6 Å². The number of aryl methyl sites for hydroxylation is 1. The zero-order valence-electron chi connectivity index (χ0n) is 8.90. The molecular weight excluding hydrogens is 230 g/mol. The van der Waals surface area contributed by atoms with Crippen molar-refractivity contribution in [3.63, 3.8) is 0 Å². The average molecular weight is 247 g/mol. The molecule has 5 heteroatoms. The van der Waals surface area contributed by atoms with Crippen molar-refractivity contribution in [1.29, 1.82) is 0 Å². The average Bonchev–Trinajstić information content (AvgIpc) is 2.60. The predicted molar refractivity (Wildman–Crippen MR) is 63.5 cm³/mol. The highest BCUT2D eigenvalue weighted by Gasteiger charge is 2.09. The SMILES string of the molecule is CCCCCCc1cc(S(N)(=O)=O)cs1. The molecule has 1 rings (SSSR count). The fourth-order valence-corrected chi connectivity index (χ4v) is 3.22. The topological polar surface area (TPSA) is 60.2 Å². The first-order valence-corrected chi connectivity index (χ1v) is 7.57. The van der Waals surface area contributed by atoms with Crippen LogP contribution in [-0.4, -0.2) is 8.42 Å². The third-order valence-corrected chi connectivity index (χ3v) is 4.27. The highest BCUT2D eigenvalue weighted by Crippen LogP contribution is 2.20. The van der Waals surface area contributed by atoms with Crippen molar-refractivity contribution in [3.05, 3.63) is 16.3 Å². The van der Waals surface area contributed by atoms with Gasteiger partial charge in [0.15, 0.2) is 0 Å². The van der Waals surface area contributed by atoms with Crippen molar-refractivity contribution >= 4 is 21.4 Å². The smallest absolute Gasteiger partial charge is 0.225 e. The quantitative estimate of drug-likeness (QED) is 0.785. The zero-order chi connectivity index (χ0) is 11.3. The van der Waals surface area contributed by atoms with E-state index in [0.717, 1.165) is 17.7 Å². The van der Waals surface area contributed by atoms with Crippen molar-refractivity contribution < 1.29 is 8.42 Å². The Bertz CT molecular complexity index is 395. The first kappa shape index (κ1) is 12.7. The molecule has 0 saturated heterocycles. The Morgan fingerprint density at radius 2 is 2.07 bits per heavy atom. The van der Waals surface area contributed by atoms with Gasteiger partial charge in [-0.25, -0.2) is 13.6 Å². The maximum atomic E-state index is 11.0. The molecule has 1 aromatic heterocycles. The summed E-state index contributed by atoms with van der Waals surface area (Å²) in [7, 11) is -3.51. The van der Waals surface area contributed by atoms with E-state index in [-0.39, 0.29) is 4.90 Å². The van der Waals surface area contributed by atoms with Gasteiger partial charge in [-0.1, -0.05) is 26.2 Å². The fourth-order valence-electron chi connectivity index (χ4n) is 1.37. The Balaban J connectivity index is 2.47. The number of unbranched alkanes of at least 4 members (excludes halogenated alkanes) is 3. The molecule has 0 aliphatic carbocycles. The van der Waals surface area contributed by atoms with E-state index in [1.807, 2.05) is 0 Å². The minimum Gasteiger partial charge on any atom is -0.225 e. The van der Waals surface area contributed by atoms with Gasteiger partial charge in [0.1, 0.15) is 0 Å². The summed E-state index contributed by atoms with van der Waals surface area (Å²) in [6.45, 7) is 2.17. The van der Waals surface area contributed by atoms with E-state index >= 15 is 0 Å². The van der Waals surface area contributed by atoms with Crippen molar-refractivity contribution in [3.8, 4) is 0 Å². The predicted octanol–water partition coefficient (Wildman–Crippen LogP) is 2.52. The van der Waals surface area contributed by atoms with Crippen LogP contribution in [0, 0.1) is 0 Å². The summed E-state index contributed by atoms with van der Waals surface area (Å²) < 4.78 is 22.0. The van der Waals surface area contributed by atoms with Crippen molar-refractivity contribution in [2.45, 2.75) is 43.9 Å². The van der Waals surface area contributed by atoms with Gasteiger partial charge in [-0.2, -0.15) is 0 Å². The molecule has 0 radical (unpaired) electrons. The molecule has 3 nitrogen and oxygen atoms in total. The maximum Gasteiger partial charge on any atom is 0.238 e. The van der Waals surface area contributed by atoms with E-state index in [9.17, 15) is 8.42 Å². The van der Waals surface area contributed by atoms with Crippen LogP contribution in [0.1, 0.15) is 37.5 Å². The van der Waals surface area contributed by atoms with Crippen molar-refractivity contribution in [1.82, 2.24) is 0 Å². The second-order valence-corrected chi connectivity index (χ2v) is 6.16. The normalized spacial score (nSPS) is 11.9. The number of thiophene rings is 1. The van der Waals surface area contributed by atoms with Crippen LogP contribution in [0.15, 0.2) is 16.3 Å². The third-order valence-electron chi connectivity index (χ3n) is 2.23. The number of hydrogen-bond acceptors (Lipinski definition) is 3. The van der Waals surface area contributed by atoms with Gasteiger partial charge in [0.05, 0.1) is 4.90 Å². The van der Waals surface area contributed by atoms with Crippen LogP contribution in [0.3, 0.4) is 0 Å². The lowest BCUT2D eigenvalue weighted by Crippen LogP contribution is -2.10. The number of rotatable bonds is 6. The Morgan fingerprint density at radius 3 is 2.60 bits per heavy atom. The second-order valence-electron chi connectivity index (χ2n) is 3.60. The van der Waals surface area contributed by atoms with Crippen LogP contribution in [0.5, 0.6) is 0 Å². The van der Waals surface area contributed by atoms with Crippen LogP contribution < -0.4 is 5.14 Å². The van der Waals surface area contributed by atoms with Gasteiger partial charge in [-0.05, 0) is 18.9 Å². The standard InChI is InChI=1S/C10H17NO2S2/c1-2-3-4-5-6-9-7-10(8-14-9)15(11,12)13/h7-8H,2-6H2,1H3,(H2,11,12,13).